The topological polar surface area (TPSA) is 42.4 Å². The van der Waals surface area contributed by atoms with Crippen LogP contribution in [0.15, 0.2) is 30.3 Å². The molecule has 3 rings (SSSR count). The van der Waals surface area contributed by atoms with E-state index in [1.54, 1.807) is 6.07 Å². The van der Waals surface area contributed by atoms with Gasteiger partial charge in [-0.3, -0.25) is 0 Å². The van der Waals surface area contributed by atoms with E-state index in [2.05, 4.69) is 4.98 Å². The molecule has 1 N–H and O–H groups in total. The van der Waals surface area contributed by atoms with Crippen LogP contribution < -0.4 is 4.74 Å². The van der Waals surface area contributed by atoms with Crippen LogP contribution in [0, 0.1) is 18.7 Å². The Kier molecular flexibility index (Phi) is 5.85. The van der Waals surface area contributed by atoms with Gasteiger partial charge >= 0.3 is 0 Å². The number of benzene rings is 1. The number of pyridine rings is 1. The summed E-state index contributed by atoms with van der Waals surface area (Å²) in [6.07, 6.45) is 4.64. The van der Waals surface area contributed by atoms with E-state index in [0.29, 0.717) is 18.2 Å². The molecular formula is C23H30FNO2. The lowest BCUT2D eigenvalue weighted by Gasteiger charge is -2.35. The molecule has 0 spiro atoms. The van der Waals surface area contributed by atoms with E-state index in [1.165, 1.54) is 6.07 Å². The average molecular weight is 371 g/mol. The van der Waals surface area contributed by atoms with Gasteiger partial charge in [-0.15, -0.1) is 0 Å². The van der Waals surface area contributed by atoms with E-state index in [0.717, 1.165) is 48.1 Å². The Labute approximate surface area is 161 Å². The first-order valence-corrected chi connectivity index (χ1v) is 9.93. The molecule has 4 heteroatoms. The number of aromatic nitrogens is 1. The summed E-state index contributed by atoms with van der Waals surface area (Å²) < 4.78 is 19.9. The van der Waals surface area contributed by atoms with Crippen molar-refractivity contribution in [3.63, 3.8) is 0 Å². The molecule has 0 aliphatic heterocycles. The van der Waals surface area contributed by atoms with Gasteiger partial charge in [-0.1, -0.05) is 13.0 Å². The van der Waals surface area contributed by atoms with Crippen molar-refractivity contribution in [2.75, 3.05) is 0 Å². The zero-order valence-electron chi connectivity index (χ0n) is 16.8. The minimum Gasteiger partial charge on any atom is -0.474 e. The van der Waals surface area contributed by atoms with Gasteiger partial charge in [-0.25, -0.2) is 9.37 Å². The first kappa shape index (κ1) is 19.8. The first-order valence-electron chi connectivity index (χ1n) is 9.93. The molecular weight excluding hydrogens is 341 g/mol. The Morgan fingerprint density at radius 1 is 1.15 bits per heavy atom. The van der Waals surface area contributed by atoms with Crippen molar-refractivity contribution in [1.29, 1.82) is 0 Å². The molecule has 1 aliphatic carbocycles. The van der Waals surface area contributed by atoms with Crippen molar-refractivity contribution in [2.24, 2.45) is 5.92 Å². The fourth-order valence-electron chi connectivity index (χ4n) is 3.98. The maximum absolute atomic E-state index is 13.8. The minimum absolute atomic E-state index is 0.152. The second-order valence-electron chi connectivity index (χ2n) is 8.19. The molecule has 146 valence electrons. The van der Waals surface area contributed by atoms with Crippen LogP contribution in [-0.4, -0.2) is 21.8 Å². The number of nitrogens with zero attached hydrogens (tertiary/aromatic N) is 1. The van der Waals surface area contributed by atoms with Gasteiger partial charge in [0.15, 0.2) is 0 Å². The van der Waals surface area contributed by atoms with Gasteiger partial charge in [-0.05, 0) is 88.1 Å². The Balaban J connectivity index is 1.69. The molecule has 1 aliphatic rings. The zero-order valence-corrected chi connectivity index (χ0v) is 16.8. The molecule has 1 aromatic carbocycles. The van der Waals surface area contributed by atoms with Gasteiger partial charge in [0.1, 0.15) is 11.9 Å². The molecule has 0 radical (unpaired) electrons. The third-order valence-electron chi connectivity index (χ3n) is 5.76. The third-order valence-corrected chi connectivity index (χ3v) is 5.76. The van der Waals surface area contributed by atoms with Crippen LogP contribution in [0.1, 0.15) is 57.7 Å². The quantitative estimate of drug-likeness (QED) is 0.758. The predicted molar refractivity (Wildman–Crippen MR) is 106 cm³/mol. The van der Waals surface area contributed by atoms with Crippen LogP contribution in [-0.2, 0) is 6.42 Å². The number of hydrogen-bond donors (Lipinski definition) is 1. The lowest BCUT2D eigenvalue weighted by molar-refractivity contribution is -0.0156. The van der Waals surface area contributed by atoms with Crippen LogP contribution >= 0.6 is 0 Å². The number of rotatable bonds is 5. The second-order valence-corrected chi connectivity index (χ2v) is 8.19. The molecule has 0 amide bonds. The fourth-order valence-corrected chi connectivity index (χ4v) is 3.98. The predicted octanol–water partition coefficient (Wildman–Crippen LogP) is 5.47. The highest BCUT2D eigenvalue weighted by Crippen LogP contribution is 2.34. The van der Waals surface area contributed by atoms with Gasteiger partial charge in [0.25, 0.3) is 0 Å². The monoisotopic (exact) mass is 371 g/mol. The number of aryl methyl sites for hydroxylation is 2. The van der Waals surface area contributed by atoms with Crippen molar-refractivity contribution in [3.8, 4) is 17.0 Å². The fraction of sp³-hybridized carbons (Fsp3) is 0.522. The van der Waals surface area contributed by atoms with Crippen molar-refractivity contribution >= 4 is 0 Å². The molecule has 1 saturated carbocycles. The highest BCUT2D eigenvalue weighted by Gasteiger charge is 2.32. The standard InChI is InChI=1S/C23H30FNO2/c1-5-16-14-17(6-12-21(16)24)20-11-13-22(25-15(20)2)27-19-9-7-18(8-10-19)23(3,4)26/h6,11-14,18-19,26H,5,7-10H2,1-4H3. The van der Waals surface area contributed by atoms with Gasteiger partial charge < -0.3 is 9.84 Å². The molecule has 1 fully saturated rings. The van der Waals surface area contributed by atoms with Crippen LogP contribution in [0.2, 0.25) is 0 Å². The molecule has 0 unspecified atom stereocenters. The number of hydrogen-bond acceptors (Lipinski definition) is 3. The summed E-state index contributed by atoms with van der Waals surface area (Å²) in [5.74, 6) is 0.815. The Hall–Kier alpha value is -1.94. The van der Waals surface area contributed by atoms with E-state index in [9.17, 15) is 9.50 Å². The Morgan fingerprint density at radius 2 is 1.85 bits per heavy atom. The maximum atomic E-state index is 13.8. The lowest BCUT2D eigenvalue weighted by atomic mass is 9.78. The number of aliphatic hydroxyl groups is 1. The Morgan fingerprint density at radius 3 is 2.44 bits per heavy atom. The summed E-state index contributed by atoms with van der Waals surface area (Å²) >= 11 is 0. The summed E-state index contributed by atoms with van der Waals surface area (Å²) in [5, 5.41) is 10.2. The van der Waals surface area contributed by atoms with Crippen molar-refractivity contribution in [2.45, 2.75) is 71.5 Å². The largest absolute Gasteiger partial charge is 0.474 e. The van der Waals surface area contributed by atoms with Gasteiger partial charge in [-0.2, -0.15) is 0 Å². The summed E-state index contributed by atoms with van der Waals surface area (Å²) in [6.45, 7) is 7.70. The first-order chi connectivity index (χ1) is 12.8. The molecule has 27 heavy (non-hydrogen) atoms. The van der Waals surface area contributed by atoms with E-state index in [4.69, 9.17) is 4.74 Å². The smallest absolute Gasteiger partial charge is 0.213 e. The van der Waals surface area contributed by atoms with Crippen molar-refractivity contribution in [3.05, 3.63) is 47.4 Å². The molecule has 1 aromatic heterocycles. The summed E-state index contributed by atoms with van der Waals surface area (Å²) in [7, 11) is 0. The minimum atomic E-state index is -0.617. The molecule has 3 nitrogen and oxygen atoms in total. The third kappa shape index (κ3) is 4.67. The molecule has 0 bridgehead atoms. The van der Waals surface area contributed by atoms with Crippen LogP contribution in [0.25, 0.3) is 11.1 Å². The summed E-state index contributed by atoms with van der Waals surface area (Å²) in [4.78, 5) is 4.62. The van der Waals surface area contributed by atoms with Crippen LogP contribution in [0.5, 0.6) is 5.88 Å². The number of halogens is 1. The van der Waals surface area contributed by atoms with Crippen molar-refractivity contribution < 1.29 is 14.2 Å². The van der Waals surface area contributed by atoms with E-state index >= 15 is 0 Å². The molecule has 0 atom stereocenters. The maximum Gasteiger partial charge on any atom is 0.213 e. The lowest BCUT2D eigenvalue weighted by Crippen LogP contribution is -2.36. The van der Waals surface area contributed by atoms with Crippen LogP contribution in [0.4, 0.5) is 4.39 Å². The second kappa shape index (κ2) is 7.97. The molecule has 1 heterocycles. The van der Waals surface area contributed by atoms with E-state index in [1.807, 2.05) is 45.9 Å². The highest BCUT2D eigenvalue weighted by atomic mass is 19.1. The molecule has 2 aromatic rings. The van der Waals surface area contributed by atoms with Crippen molar-refractivity contribution in [1.82, 2.24) is 4.98 Å². The van der Waals surface area contributed by atoms with Gasteiger partial charge in [0, 0.05) is 17.3 Å². The average Bonchev–Trinajstić information content (AvgIpc) is 2.62. The van der Waals surface area contributed by atoms with E-state index in [-0.39, 0.29) is 11.9 Å². The zero-order chi connectivity index (χ0) is 19.6. The number of ether oxygens (including phenoxy) is 1. The van der Waals surface area contributed by atoms with Crippen LogP contribution in [0.3, 0.4) is 0 Å². The summed E-state index contributed by atoms with van der Waals surface area (Å²) in [6, 6.07) is 9.14. The highest BCUT2D eigenvalue weighted by molar-refractivity contribution is 5.66. The van der Waals surface area contributed by atoms with Gasteiger partial charge in [0.2, 0.25) is 5.88 Å². The SMILES string of the molecule is CCc1cc(-c2ccc(OC3CCC(C(C)(C)O)CC3)nc2C)ccc1F. The molecule has 0 saturated heterocycles. The normalized spacial score (nSPS) is 20.5. The van der Waals surface area contributed by atoms with E-state index < -0.39 is 5.60 Å². The van der Waals surface area contributed by atoms with Gasteiger partial charge in [0.05, 0.1) is 5.60 Å². The summed E-state index contributed by atoms with van der Waals surface area (Å²) in [5.41, 5.74) is 2.97. The Bertz CT molecular complexity index is 789.